The Kier molecular flexibility index (Phi) is 2.49. The van der Waals surface area contributed by atoms with Crippen molar-refractivity contribution in [2.45, 2.75) is 12.8 Å². The maximum Gasteiger partial charge on any atom is 0.127 e. The lowest BCUT2D eigenvalue weighted by atomic mass is 10.2. The predicted octanol–water partition coefficient (Wildman–Crippen LogP) is 1.29. The molecule has 3 nitrogen and oxygen atoms in total. The summed E-state index contributed by atoms with van der Waals surface area (Å²) in [5.41, 5.74) is 2.73. The number of fused-ring (bicyclic) bond motifs is 1. The van der Waals surface area contributed by atoms with E-state index in [1.807, 2.05) is 23.5 Å². The molecule has 1 aliphatic heterocycles. The molecule has 1 N–H and O–H groups in total. The maximum atomic E-state index is 4.51. The lowest BCUT2D eigenvalue weighted by Crippen LogP contribution is -2.02. The Bertz CT molecular complexity index is 306. The number of rotatable bonds is 3. The van der Waals surface area contributed by atoms with Crippen LogP contribution in [-0.2, 0) is 19.9 Å². The molecule has 2 heterocycles. The number of nitrogens with one attached hydrogen (secondary N) is 1. The molecule has 0 atom stereocenters. The van der Waals surface area contributed by atoms with Gasteiger partial charge in [0, 0.05) is 25.6 Å². The van der Waals surface area contributed by atoms with E-state index in [4.69, 9.17) is 0 Å². The molecule has 0 radical (unpaired) electrons. The molecule has 4 heteroatoms. The fourth-order valence-electron chi connectivity index (χ4n) is 1.81. The highest BCUT2D eigenvalue weighted by Gasteiger charge is 2.19. The van der Waals surface area contributed by atoms with Crippen molar-refractivity contribution in [2.75, 3.05) is 23.9 Å². The van der Waals surface area contributed by atoms with Gasteiger partial charge < -0.3 is 5.32 Å². The van der Waals surface area contributed by atoms with Crippen molar-refractivity contribution < 1.29 is 0 Å². The summed E-state index contributed by atoms with van der Waals surface area (Å²) in [6, 6.07) is 0. The summed E-state index contributed by atoms with van der Waals surface area (Å²) in [4.78, 5) is 0. The van der Waals surface area contributed by atoms with Crippen LogP contribution in [-0.4, -0.2) is 28.3 Å². The van der Waals surface area contributed by atoms with Gasteiger partial charge in [-0.25, -0.2) is 0 Å². The highest BCUT2D eigenvalue weighted by molar-refractivity contribution is 7.98. The summed E-state index contributed by atoms with van der Waals surface area (Å²) in [6.45, 7) is 1.08. The first-order chi connectivity index (χ1) is 6.33. The number of aryl methyl sites for hydroxylation is 2. The third-order valence-corrected chi connectivity index (χ3v) is 3.05. The highest BCUT2D eigenvalue weighted by Crippen LogP contribution is 2.25. The van der Waals surface area contributed by atoms with Gasteiger partial charge >= 0.3 is 0 Å². The molecule has 1 aromatic rings. The Morgan fingerprint density at radius 2 is 2.46 bits per heavy atom. The van der Waals surface area contributed by atoms with Crippen LogP contribution in [0.4, 0.5) is 5.82 Å². The average molecular weight is 197 g/mol. The van der Waals surface area contributed by atoms with Crippen LogP contribution in [0.15, 0.2) is 0 Å². The fraction of sp³-hybridized carbons (Fsp3) is 0.667. The van der Waals surface area contributed by atoms with Crippen LogP contribution in [0.25, 0.3) is 0 Å². The first kappa shape index (κ1) is 8.94. The predicted molar refractivity (Wildman–Crippen MR) is 57.5 cm³/mol. The van der Waals surface area contributed by atoms with Crippen LogP contribution in [0.2, 0.25) is 0 Å². The zero-order valence-electron chi connectivity index (χ0n) is 8.13. The molecular weight excluding hydrogens is 182 g/mol. The molecule has 2 rings (SSSR count). The van der Waals surface area contributed by atoms with Crippen LogP contribution >= 0.6 is 11.8 Å². The minimum absolute atomic E-state index is 1.08. The van der Waals surface area contributed by atoms with Crippen molar-refractivity contribution in [1.82, 2.24) is 9.78 Å². The van der Waals surface area contributed by atoms with Crippen LogP contribution in [0.1, 0.15) is 11.3 Å². The van der Waals surface area contributed by atoms with Crippen molar-refractivity contribution >= 4 is 17.6 Å². The van der Waals surface area contributed by atoms with Crippen molar-refractivity contribution in [2.24, 2.45) is 7.05 Å². The molecule has 0 amide bonds. The Morgan fingerprint density at radius 3 is 3.23 bits per heavy atom. The van der Waals surface area contributed by atoms with Gasteiger partial charge in [0.05, 0.1) is 5.69 Å². The second-order valence-electron chi connectivity index (χ2n) is 3.32. The monoisotopic (exact) mass is 197 g/mol. The first-order valence-electron chi connectivity index (χ1n) is 4.60. The standard InChI is InChI=1S/C9H15N3S/c1-12-9-7(3-5-10-9)8(11-12)4-6-13-2/h10H,3-6H2,1-2H3. The summed E-state index contributed by atoms with van der Waals surface area (Å²) in [5.74, 6) is 2.40. The lowest BCUT2D eigenvalue weighted by molar-refractivity contribution is 0.747. The van der Waals surface area contributed by atoms with E-state index in [1.165, 1.54) is 22.8 Å². The first-order valence-corrected chi connectivity index (χ1v) is 6.00. The number of hydrogen-bond acceptors (Lipinski definition) is 3. The van der Waals surface area contributed by atoms with Crippen molar-refractivity contribution in [1.29, 1.82) is 0 Å². The third kappa shape index (κ3) is 1.55. The average Bonchev–Trinajstić information content (AvgIpc) is 2.67. The van der Waals surface area contributed by atoms with E-state index in [0.29, 0.717) is 0 Å². The molecule has 13 heavy (non-hydrogen) atoms. The van der Waals surface area contributed by atoms with Crippen LogP contribution in [0, 0.1) is 0 Å². The van der Waals surface area contributed by atoms with Crippen molar-refractivity contribution in [3.8, 4) is 0 Å². The number of nitrogens with zero attached hydrogens (tertiary/aromatic N) is 2. The van der Waals surface area contributed by atoms with E-state index in [0.717, 1.165) is 19.4 Å². The minimum atomic E-state index is 1.08. The van der Waals surface area contributed by atoms with Crippen molar-refractivity contribution in [3.63, 3.8) is 0 Å². The van der Waals surface area contributed by atoms with Gasteiger partial charge in [-0.1, -0.05) is 0 Å². The molecule has 0 aliphatic carbocycles. The van der Waals surface area contributed by atoms with E-state index < -0.39 is 0 Å². The fourth-order valence-corrected chi connectivity index (χ4v) is 2.21. The highest BCUT2D eigenvalue weighted by atomic mass is 32.2. The van der Waals surface area contributed by atoms with Gasteiger partial charge in [-0.05, 0) is 18.4 Å². The van der Waals surface area contributed by atoms with Crippen LogP contribution < -0.4 is 5.32 Å². The molecule has 0 aromatic carbocycles. The van der Waals surface area contributed by atoms with Crippen LogP contribution in [0.5, 0.6) is 0 Å². The van der Waals surface area contributed by atoms with Gasteiger partial charge in [0.1, 0.15) is 5.82 Å². The summed E-state index contributed by atoms with van der Waals surface area (Å²) < 4.78 is 1.97. The smallest absolute Gasteiger partial charge is 0.127 e. The van der Waals surface area contributed by atoms with Gasteiger partial charge in [0.2, 0.25) is 0 Å². The van der Waals surface area contributed by atoms with E-state index in [-0.39, 0.29) is 0 Å². The molecule has 0 unspecified atom stereocenters. The molecular formula is C9H15N3S. The topological polar surface area (TPSA) is 29.9 Å². The van der Waals surface area contributed by atoms with Crippen LogP contribution in [0.3, 0.4) is 0 Å². The Hall–Kier alpha value is -0.640. The largest absolute Gasteiger partial charge is 0.370 e. The van der Waals surface area contributed by atoms with Gasteiger partial charge in [-0.3, -0.25) is 4.68 Å². The molecule has 72 valence electrons. The number of hydrogen-bond donors (Lipinski definition) is 1. The second-order valence-corrected chi connectivity index (χ2v) is 4.30. The normalized spacial score (nSPS) is 14.3. The maximum absolute atomic E-state index is 4.51. The quantitative estimate of drug-likeness (QED) is 0.792. The molecule has 0 fully saturated rings. The van der Waals surface area contributed by atoms with Gasteiger partial charge in [-0.15, -0.1) is 0 Å². The summed E-state index contributed by atoms with van der Waals surface area (Å²) >= 11 is 1.88. The van der Waals surface area contributed by atoms with E-state index >= 15 is 0 Å². The Morgan fingerprint density at radius 1 is 1.62 bits per heavy atom. The Balaban J connectivity index is 2.21. The zero-order valence-corrected chi connectivity index (χ0v) is 8.95. The summed E-state index contributed by atoms with van der Waals surface area (Å²) in [6.07, 6.45) is 4.39. The van der Waals surface area contributed by atoms with Crippen molar-refractivity contribution in [3.05, 3.63) is 11.3 Å². The molecule has 1 aromatic heterocycles. The minimum Gasteiger partial charge on any atom is -0.370 e. The molecule has 0 spiro atoms. The molecule has 0 saturated carbocycles. The van der Waals surface area contributed by atoms with Gasteiger partial charge in [-0.2, -0.15) is 16.9 Å². The Labute approximate surface area is 82.9 Å². The SMILES string of the molecule is CSCCc1nn(C)c2c1CCN2. The third-order valence-electron chi connectivity index (χ3n) is 2.44. The van der Waals surface area contributed by atoms with E-state index in [9.17, 15) is 0 Å². The van der Waals surface area contributed by atoms with Gasteiger partial charge in [0.15, 0.2) is 0 Å². The molecule has 1 aliphatic rings. The number of anilines is 1. The lowest BCUT2D eigenvalue weighted by Gasteiger charge is -1.97. The summed E-state index contributed by atoms with van der Waals surface area (Å²) in [7, 11) is 2.01. The molecule has 0 saturated heterocycles. The summed E-state index contributed by atoms with van der Waals surface area (Å²) in [5, 5.41) is 7.87. The van der Waals surface area contributed by atoms with E-state index in [1.54, 1.807) is 0 Å². The number of thioether (sulfide) groups is 1. The van der Waals surface area contributed by atoms with E-state index in [2.05, 4.69) is 16.7 Å². The number of aromatic nitrogens is 2. The van der Waals surface area contributed by atoms with Gasteiger partial charge in [0.25, 0.3) is 0 Å². The second kappa shape index (κ2) is 3.62. The molecule has 0 bridgehead atoms. The zero-order chi connectivity index (χ0) is 9.26.